The quantitative estimate of drug-likeness (QED) is 0.873. The summed E-state index contributed by atoms with van der Waals surface area (Å²) in [6, 6.07) is 13.6. The van der Waals surface area contributed by atoms with Crippen LogP contribution in [0.2, 0.25) is 0 Å². The summed E-state index contributed by atoms with van der Waals surface area (Å²) >= 11 is 0. The lowest BCUT2D eigenvalue weighted by Crippen LogP contribution is -2.05. The average Bonchev–Trinajstić information content (AvgIpc) is 2.48. The number of hydrogen-bond acceptors (Lipinski definition) is 4. The molecule has 4 heteroatoms. The van der Waals surface area contributed by atoms with Gasteiger partial charge in [0.15, 0.2) is 0 Å². The van der Waals surface area contributed by atoms with Crippen LogP contribution in [0.5, 0.6) is 5.75 Å². The van der Waals surface area contributed by atoms with Gasteiger partial charge in [-0.25, -0.2) is 4.98 Å². The van der Waals surface area contributed by atoms with E-state index in [0.29, 0.717) is 13.0 Å². The van der Waals surface area contributed by atoms with Gasteiger partial charge in [-0.2, -0.15) is 5.26 Å². The van der Waals surface area contributed by atoms with Crippen LogP contribution in [-0.4, -0.2) is 11.5 Å². The van der Waals surface area contributed by atoms with Crippen molar-refractivity contribution in [3.8, 4) is 11.8 Å². The number of hydrogen-bond donors (Lipinski definition) is 1. The van der Waals surface area contributed by atoms with Gasteiger partial charge in [0.1, 0.15) is 18.2 Å². The molecular weight excluding hydrogens is 250 g/mol. The topological polar surface area (TPSA) is 57.9 Å². The SMILES string of the molecule is CCNc1ncccc1COc1ccc(CC#N)cc1. The van der Waals surface area contributed by atoms with Crippen molar-refractivity contribution in [1.29, 1.82) is 5.26 Å². The van der Waals surface area contributed by atoms with Crippen LogP contribution in [0.1, 0.15) is 18.1 Å². The van der Waals surface area contributed by atoms with Crippen molar-refractivity contribution < 1.29 is 4.74 Å². The van der Waals surface area contributed by atoms with Crippen LogP contribution in [0.4, 0.5) is 5.82 Å². The van der Waals surface area contributed by atoms with E-state index < -0.39 is 0 Å². The zero-order valence-electron chi connectivity index (χ0n) is 11.5. The van der Waals surface area contributed by atoms with Crippen LogP contribution in [0.25, 0.3) is 0 Å². The maximum absolute atomic E-state index is 8.63. The van der Waals surface area contributed by atoms with E-state index in [1.54, 1.807) is 6.20 Å². The summed E-state index contributed by atoms with van der Waals surface area (Å²) in [6.45, 7) is 3.33. The Kier molecular flexibility index (Phi) is 4.96. The van der Waals surface area contributed by atoms with Crippen molar-refractivity contribution in [2.45, 2.75) is 20.0 Å². The van der Waals surface area contributed by atoms with E-state index in [1.165, 1.54) is 0 Å². The van der Waals surface area contributed by atoms with Crippen molar-refractivity contribution in [2.75, 3.05) is 11.9 Å². The van der Waals surface area contributed by atoms with Crippen molar-refractivity contribution in [2.24, 2.45) is 0 Å². The van der Waals surface area contributed by atoms with Crippen LogP contribution >= 0.6 is 0 Å². The molecule has 0 aliphatic heterocycles. The minimum absolute atomic E-state index is 0.424. The Morgan fingerprint density at radius 1 is 1.25 bits per heavy atom. The predicted molar refractivity (Wildman–Crippen MR) is 78.5 cm³/mol. The normalized spacial score (nSPS) is 9.80. The Morgan fingerprint density at radius 2 is 2.05 bits per heavy atom. The first-order valence-corrected chi connectivity index (χ1v) is 6.60. The third-order valence-corrected chi connectivity index (χ3v) is 2.84. The highest BCUT2D eigenvalue weighted by molar-refractivity contribution is 5.43. The van der Waals surface area contributed by atoms with Crippen LogP contribution < -0.4 is 10.1 Å². The molecule has 20 heavy (non-hydrogen) atoms. The first kappa shape index (κ1) is 13.9. The molecule has 1 aromatic heterocycles. The van der Waals surface area contributed by atoms with Crippen molar-refractivity contribution in [3.05, 3.63) is 53.7 Å². The average molecular weight is 267 g/mol. The number of nitriles is 1. The highest BCUT2D eigenvalue weighted by Crippen LogP contribution is 2.17. The standard InChI is InChI=1S/C16H17N3O/c1-2-18-16-14(4-3-11-19-16)12-20-15-7-5-13(6-8-15)9-10-17/h3-8,11H,2,9,12H2,1H3,(H,18,19). The molecule has 0 unspecified atom stereocenters. The molecule has 0 amide bonds. The molecule has 0 fully saturated rings. The smallest absolute Gasteiger partial charge is 0.132 e. The highest BCUT2D eigenvalue weighted by atomic mass is 16.5. The first-order chi connectivity index (χ1) is 9.83. The minimum Gasteiger partial charge on any atom is -0.489 e. The van der Waals surface area contributed by atoms with E-state index in [9.17, 15) is 0 Å². The number of rotatable bonds is 6. The molecule has 2 aromatic rings. The maximum atomic E-state index is 8.63. The Hall–Kier alpha value is -2.54. The molecule has 0 radical (unpaired) electrons. The van der Waals surface area contributed by atoms with Gasteiger partial charge in [-0.3, -0.25) is 0 Å². The zero-order chi connectivity index (χ0) is 14.2. The van der Waals surface area contributed by atoms with Crippen molar-refractivity contribution in [3.63, 3.8) is 0 Å². The van der Waals surface area contributed by atoms with Gasteiger partial charge in [0.25, 0.3) is 0 Å². The molecule has 0 saturated carbocycles. The molecule has 2 rings (SSSR count). The predicted octanol–water partition coefficient (Wildman–Crippen LogP) is 3.16. The van der Waals surface area contributed by atoms with Crippen molar-refractivity contribution >= 4 is 5.82 Å². The van der Waals surface area contributed by atoms with Gasteiger partial charge in [-0.05, 0) is 30.7 Å². The molecule has 0 bridgehead atoms. The molecule has 0 saturated heterocycles. The summed E-state index contributed by atoms with van der Waals surface area (Å²) in [7, 11) is 0. The van der Waals surface area contributed by atoms with Gasteiger partial charge in [0.05, 0.1) is 12.5 Å². The number of nitrogens with zero attached hydrogens (tertiary/aromatic N) is 2. The van der Waals surface area contributed by atoms with Crippen LogP contribution in [-0.2, 0) is 13.0 Å². The van der Waals surface area contributed by atoms with E-state index >= 15 is 0 Å². The summed E-state index contributed by atoms with van der Waals surface area (Å²) in [5.41, 5.74) is 2.02. The third-order valence-electron chi connectivity index (χ3n) is 2.84. The number of ether oxygens (including phenoxy) is 1. The van der Waals surface area contributed by atoms with Gasteiger partial charge in [0.2, 0.25) is 0 Å². The fraction of sp³-hybridized carbons (Fsp3) is 0.250. The Bertz CT molecular complexity index is 587. The first-order valence-electron chi connectivity index (χ1n) is 6.60. The summed E-state index contributed by atoms with van der Waals surface area (Å²) in [6.07, 6.45) is 2.19. The van der Waals surface area contributed by atoms with E-state index in [0.717, 1.165) is 29.2 Å². The summed E-state index contributed by atoms with van der Waals surface area (Å²) in [5.74, 6) is 1.65. The van der Waals surface area contributed by atoms with Gasteiger partial charge >= 0.3 is 0 Å². The van der Waals surface area contributed by atoms with Gasteiger partial charge in [-0.1, -0.05) is 18.2 Å². The molecular formula is C16H17N3O. The Balaban J connectivity index is 2.00. The summed E-state index contributed by atoms with van der Waals surface area (Å²) in [4.78, 5) is 4.29. The lowest BCUT2D eigenvalue weighted by Gasteiger charge is -2.11. The van der Waals surface area contributed by atoms with E-state index in [4.69, 9.17) is 10.00 Å². The zero-order valence-corrected chi connectivity index (χ0v) is 11.5. The van der Waals surface area contributed by atoms with Crippen molar-refractivity contribution in [1.82, 2.24) is 4.98 Å². The van der Waals surface area contributed by atoms with E-state index in [2.05, 4.69) is 16.4 Å². The second-order valence-electron chi connectivity index (χ2n) is 4.31. The van der Waals surface area contributed by atoms with E-state index in [-0.39, 0.29) is 0 Å². The van der Waals surface area contributed by atoms with Gasteiger partial charge < -0.3 is 10.1 Å². The number of nitrogens with one attached hydrogen (secondary N) is 1. The summed E-state index contributed by atoms with van der Waals surface area (Å²) in [5, 5.41) is 11.8. The fourth-order valence-electron chi connectivity index (χ4n) is 1.84. The lowest BCUT2D eigenvalue weighted by molar-refractivity contribution is 0.306. The highest BCUT2D eigenvalue weighted by Gasteiger charge is 2.03. The number of pyridine rings is 1. The summed E-state index contributed by atoms with van der Waals surface area (Å²) < 4.78 is 5.75. The minimum atomic E-state index is 0.424. The molecule has 1 aromatic carbocycles. The second-order valence-corrected chi connectivity index (χ2v) is 4.31. The fourth-order valence-corrected chi connectivity index (χ4v) is 1.84. The van der Waals surface area contributed by atoms with Crippen LogP contribution in [0, 0.1) is 11.3 Å². The molecule has 0 aliphatic carbocycles. The van der Waals surface area contributed by atoms with Crippen LogP contribution in [0.15, 0.2) is 42.6 Å². The largest absolute Gasteiger partial charge is 0.489 e. The maximum Gasteiger partial charge on any atom is 0.132 e. The van der Waals surface area contributed by atoms with Crippen LogP contribution in [0.3, 0.4) is 0 Å². The number of anilines is 1. The number of aromatic nitrogens is 1. The molecule has 0 spiro atoms. The second kappa shape index (κ2) is 7.15. The Morgan fingerprint density at radius 3 is 2.75 bits per heavy atom. The number of benzene rings is 1. The molecule has 1 N–H and O–H groups in total. The molecule has 0 atom stereocenters. The van der Waals surface area contributed by atoms with Gasteiger partial charge in [0, 0.05) is 18.3 Å². The monoisotopic (exact) mass is 267 g/mol. The lowest BCUT2D eigenvalue weighted by atomic mass is 10.2. The molecule has 4 nitrogen and oxygen atoms in total. The Labute approximate surface area is 119 Å². The van der Waals surface area contributed by atoms with Gasteiger partial charge in [-0.15, -0.1) is 0 Å². The molecule has 102 valence electrons. The molecule has 1 heterocycles. The third kappa shape index (κ3) is 3.72. The molecule has 0 aliphatic rings. The van der Waals surface area contributed by atoms with E-state index in [1.807, 2.05) is 43.3 Å².